The number of rotatable bonds is 7. The Balaban J connectivity index is 2.81. The molecule has 1 amide bonds. The number of aliphatic hydroxyl groups excluding tert-OH is 1. The molecule has 1 aromatic rings. The number of unbranched alkanes of at least 4 members (excludes halogenated alkanes) is 1. The van der Waals surface area contributed by atoms with E-state index < -0.39 is 6.10 Å². The second-order valence-electron chi connectivity index (χ2n) is 4.40. The summed E-state index contributed by atoms with van der Waals surface area (Å²) in [6, 6.07) is -0.353. The SMILES string of the molecule is CCCCC(O)C(NC(=O)CCl)c1cscc1C. The van der Waals surface area contributed by atoms with E-state index in [4.69, 9.17) is 11.6 Å². The molecule has 18 heavy (non-hydrogen) atoms. The van der Waals surface area contributed by atoms with E-state index >= 15 is 0 Å². The Bertz CT molecular complexity index is 381. The van der Waals surface area contributed by atoms with Gasteiger partial charge in [0.25, 0.3) is 0 Å². The highest BCUT2D eigenvalue weighted by Gasteiger charge is 2.24. The molecule has 0 radical (unpaired) electrons. The molecule has 0 spiro atoms. The highest BCUT2D eigenvalue weighted by Crippen LogP contribution is 2.26. The quantitative estimate of drug-likeness (QED) is 0.758. The zero-order valence-electron chi connectivity index (χ0n) is 10.8. The Kier molecular flexibility index (Phi) is 6.68. The first-order valence-corrected chi connectivity index (χ1v) is 7.64. The van der Waals surface area contributed by atoms with Crippen molar-refractivity contribution in [2.45, 2.75) is 45.3 Å². The number of hydrogen-bond acceptors (Lipinski definition) is 3. The Morgan fingerprint density at radius 1 is 1.56 bits per heavy atom. The van der Waals surface area contributed by atoms with Gasteiger partial charge in [0.1, 0.15) is 5.88 Å². The molecule has 5 heteroatoms. The fraction of sp³-hybridized carbons (Fsp3) is 0.615. The van der Waals surface area contributed by atoms with Crippen molar-refractivity contribution in [3.8, 4) is 0 Å². The van der Waals surface area contributed by atoms with E-state index in [1.54, 1.807) is 11.3 Å². The van der Waals surface area contributed by atoms with Crippen molar-refractivity contribution >= 4 is 28.8 Å². The van der Waals surface area contributed by atoms with Crippen LogP contribution in [0, 0.1) is 6.92 Å². The highest BCUT2D eigenvalue weighted by molar-refractivity contribution is 7.08. The number of thiophene rings is 1. The van der Waals surface area contributed by atoms with Gasteiger partial charge >= 0.3 is 0 Å². The molecule has 2 unspecified atom stereocenters. The van der Waals surface area contributed by atoms with Gasteiger partial charge in [-0.3, -0.25) is 4.79 Å². The first-order chi connectivity index (χ1) is 8.60. The van der Waals surface area contributed by atoms with Crippen molar-refractivity contribution in [1.82, 2.24) is 5.32 Å². The number of halogens is 1. The standard InChI is InChI=1S/C13H20ClNO2S/c1-3-4-5-11(16)13(15-12(17)6-14)10-8-18-7-9(10)2/h7-8,11,13,16H,3-6H2,1-2H3,(H,15,17). The third kappa shape index (κ3) is 4.26. The largest absolute Gasteiger partial charge is 0.391 e. The number of aryl methyl sites for hydroxylation is 1. The second kappa shape index (κ2) is 7.77. The van der Waals surface area contributed by atoms with Crippen molar-refractivity contribution in [1.29, 1.82) is 0 Å². The van der Waals surface area contributed by atoms with Gasteiger partial charge in [-0.1, -0.05) is 19.8 Å². The van der Waals surface area contributed by atoms with E-state index in [-0.39, 0.29) is 17.8 Å². The lowest BCUT2D eigenvalue weighted by molar-refractivity contribution is -0.120. The summed E-state index contributed by atoms with van der Waals surface area (Å²) in [7, 11) is 0. The normalized spacial score (nSPS) is 14.2. The fourth-order valence-electron chi connectivity index (χ4n) is 1.86. The van der Waals surface area contributed by atoms with Gasteiger partial charge in [-0.25, -0.2) is 0 Å². The van der Waals surface area contributed by atoms with Crippen LogP contribution in [0.4, 0.5) is 0 Å². The molecule has 0 aliphatic rings. The molecule has 0 aliphatic carbocycles. The van der Waals surface area contributed by atoms with Crippen LogP contribution in [-0.4, -0.2) is 23.0 Å². The fourth-order valence-corrected chi connectivity index (χ4v) is 2.83. The van der Waals surface area contributed by atoms with Crippen LogP contribution in [0.2, 0.25) is 0 Å². The molecule has 1 aromatic heterocycles. The minimum atomic E-state index is -0.564. The highest BCUT2D eigenvalue weighted by atomic mass is 35.5. The van der Waals surface area contributed by atoms with E-state index in [0.29, 0.717) is 6.42 Å². The Hall–Kier alpha value is -0.580. The van der Waals surface area contributed by atoms with Crippen LogP contribution in [0.5, 0.6) is 0 Å². The molecule has 0 aliphatic heterocycles. The second-order valence-corrected chi connectivity index (χ2v) is 5.41. The van der Waals surface area contributed by atoms with Crippen molar-refractivity contribution in [3.05, 3.63) is 21.9 Å². The molecule has 0 aromatic carbocycles. The molecule has 3 nitrogen and oxygen atoms in total. The Morgan fingerprint density at radius 3 is 2.78 bits per heavy atom. The van der Waals surface area contributed by atoms with Gasteiger partial charge in [0.2, 0.25) is 5.91 Å². The number of aliphatic hydroxyl groups is 1. The van der Waals surface area contributed by atoms with Gasteiger partial charge in [0.05, 0.1) is 12.1 Å². The maximum absolute atomic E-state index is 11.5. The van der Waals surface area contributed by atoms with Crippen molar-refractivity contribution < 1.29 is 9.90 Å². The number of carbonyl (C=O) groups is 1. The van der Waals surface area contributed by atoms with E-state index in [0.717, 1.165) is 24.0 Å². The molecular weight excluding hydrogens is 270 g/mol. The van der Waals surface area contributed by atoms with E-state index in [9.17, 15) is 9.90 Å². The molecule has 0 fully saturated rings. The summed E-state index contributed by atoms with van der Waals surface area (Å²) in [5.41, 5.74) is 2.08. The zero-order valence-corrected chi connectivity index (χ0v) is 12.4. The molecule has 2 atom stereocenters. The van der Waals surface area contributed by atoms with Gasteiger partial charge in [-0.2, -0.15) is 11.3 Å². The van der Waals surface area contributed by atoms with Crippen LogP contribution in [0.1, 0.15) is 43.4 Å². The summed E-state index contributed by atoms with van der Waals surface area (Å²) in [5.74, 6) is -0.331. The van der Waals surface area contributed by atoms with E-state index in [2.05, 4.69) is 12.2 Å². The van der Waals surface area contributed by atoms with Crippen LogP contribution in [0.3, 0.4) is 0 Å². The van der Waals surface area contributed by atoms with Gasteiger partial charge in [-0.05, 0) is 35.2 Å². The molecule has 0 saturated carbocycles. The number of carbonyl (C=O) groups excluding carboxylic acids is 1. The number of hydrogen-bond donors (Lipinski definition) is 2. The minimum Gasteiger partial charge on any atom is -0.391 e. The van der Waals surface area contributed by atoms with Crippen molar-refractivity contribution in [2.24, 2.45) is 0 Å². The van der Waals surface area contributed by atoms with Crippen molar-refractivity contribution in [2.75, 3.05) is 5.88 Å². The maximum atomic E-state index is 11.5. The van der Waals surface area contributed by atoms with Crippen LogP contribution < -0.4 is 5.32 Å². The summed E-state index contributed by atoms with van der Waals surface area (Å²) >= 11 is 7.09. The van der Waals surface area contributed by atoms with E-state index in [1.165, 1.54) is 0 Å². The number of amides is 1. The van der Waals surface area contributed by atoms with Crippen LogP contribution in [-0.2, 0) is 4.79 Å². The molecule has 0 bridgehead atoms. The summed E-state index contributed by atoms with van der Waals surface area (Å²) in [6.45, 7) is 4.06. The van der Waals surface area contributed by atoms with Gasteiger partial charge in [0, 0.05) is 0 Å². The number of nitrogens with one attached hydrogen (secondary N) is 1. The lowest BCUT2D eigenvalue weighted by Gasteiger charge is -2.24. The third-order valence-electron chi connectivity index (χ3n) is 2.91. The van der Waals surface area contributed by atoms with Crippen LogP contribution in [0.25, 0.3) is 0 Å². The molecule has 1 rings (SSSR count). The van der Waals surface area contributed by atoms with E-state index in [1.807, 2.05) is 17.7 Å². The smallest absolute Gasteiger partial charge is 0.235 e. The molecule has 102 valence electrons. The summed E-state index contributed by atoms with van der Waals surface area (Å²) < 4.78 is 0. The maximum Gasteiger partial charge on any atom is 0.235 e. The van der Waals surface area contributed by atoms with Gasteiger partial charge < -0.3 is 10.4 Å². The van der Waals surface area contributed by atoms with Crippen LogP contribution in [0.15, 0.2) is 10.8 Å². The Labute approximate surface area is 117 Å². The average Bonchev–Trinajstić information content (AvgIpc) is 2.78. The van der Waals surface area contributed by atoms with Crippen LogP contribution >= 0.6 is 22.9 Å². The summed E-state index contributed by atoms with van der Waals surface area (Å²) in [6.07, 6.45) is 2.08. The first kappa shape index (κ1) is 15.5. The average molecular weight is 290 g/mol. The zero-order chi connectivity index (χ0) is 13.5. The topological polar surface area (TPSA) is 49.3 Å². The minimum absolute atomic E-state index is 0.0832. The Morgan fingerprint density at radius 2 is 2.28 bits per heavy atom. The van der Waals surface area contributed by atoms with Crippen molar-refractivity contribution in [3.63, 3.8) is 0 Å². The van der Waals surface area contributed by atoms with Gasteiger partial charge in [0.15, 0.2) is 0 Å². The molecule has 2 N–H and O–H groups in total. The lowest BCUT2D eigenvalue weighted by Crippen LogP contribution is -2.37. The summed E-state index contributed by atoms with van der Waals surface area (Å²) in [4.78, 5) is 11.5. The lowest BCUT2D eigenvalue weighted by atomic mass is 9.97. The molecule has 0 saturated heterocycles. The monoisotopic (exact) mass is 289 g/mol. The third-order valence-corrected chi connectivity index (χ3v) is 4.03. The first-order valence-electron chi connectivity index (χ1n) is 6.16. The molecule has 1 heterocycles. The van der Waals surface area contributed by atoms with Gasteiger partial charge in [-0.15, -0.1) is 11.6 Å². The number of alkyl halides is 1. The molecular formula is C13H20ClNO2S. The summed E-state index contributed by atoms with van der Waals surface area (Å²) in [5, 5.41) is 17.0. The predicted octanol–water partition coefficient (Wildman–Crippen LogP) is 3.00. The predicted molar refractivity (Wildman–Crippen MR) is 76.2 cm³/mol.